The molecule has 3 saturated carbocycles. The topological polar surface area (TPSA) is 0 Å². The monoisotopic (exact) mass is 332 g/mol. The minimum Gasteiger partial charge on any atom is -0.0654 e. The molecule has 0 radical (unpaired) electrons. The summed E-state index contributed by atoms with van der Waals surface area (Å²) >= 11 is 0. The van der Waals surface area contributed by atoms with E-state index in [1.807, 2.05) is 0 Å². The van der Waals surface area contributed by atoms with Gasteiger partial charge in [-0.2, -0.15) is 0 Å². The highest BCUT2D eigenvalue weighted by Crippen LogP contribution is 2.46. The Morgan fingerprint density at radius 2 is 1.17 bits per heavy atom. The van der Waals surface area contributed by atoms with Crippen LogP contribution < -0.4 is 0 Å². The van der Waals surface area contributed by atoms with Gasteiger partial charge in [-0.15, -0.1) is 0 Å². The molecule has 0 N–H and O–H groups in total. The highest BCUT2D eigenvalue weighted by Gasteiger charge is 2.34. The molecule has 3 fully saturated rings. The average molecular weight is 333 g/mol. The van der Waals surface area contributed by atoms with Gasteiger partial charge >= 0.3 is 0 Å². The molecular weight excluding hydrogens is 288 g/mol. The zero-order chi connectivity index (χ0) is 16.8. The summed E-state index contributed by atoms with van der Waals surface area (Å²) < 4.78 is 0. The van der Waals surface area contributed by atoms with Crippen molar-refractivity contribution in [1.82, 2.24) is 0 Å². The molecular formula is C24H44. The Morgan fingerprint density at radius 1 is 0.583 bits per heavy atom. The Morgan fingerprint density at radius 3 is 1.75 bits per heavy atom. The van der Waals surface area contributed by atoms with Gasteiger partial charge in [0.1, 0.15) is 0 Å². The standard InChI is InChI=1S/C24H44/c1-3-5-7-20-8-6-9-24(18-20)23-16-14-22(15-17-23)21-12-10-19(4-2)11-13-21/h19-24H,3-18H2,1-2H3/t19?,20-,21?,22?,23?,24+/m0/s1. The minimum atomic E-state index is 1.07. The Balaban J connectivity index is 1.40. The summed E-state index contributed by atoms with van der Waals surface area (Å²) in [4.78, 5) is 0. The van der Waals surface area contributed by atoms with E-state index in [9.17, 15) is 0 Å². The lowest BCUT2D eigenvalue weighted by atomic mass is 9.64. The lowest BCUT2D eigenvalue weighted by Gasteiger charge is -2.41. The fraction of sp³-hybridized carbons (Fsp3) is 1.00. The number of unbranched alkanes of at least 4 members (excludes halogenated alkanes) is 1. The van der Waals surface area contributed by atoms with Gasteiger partial charge in [0.2, 0.25) is 0 Å². The molecule has 0 bridgehead atoms. The molecule has 0 amide bonds. The maximum Gasteiger partial charge on any atom is -0.0383 e. The second kappa shape index (κ2) is 9.63. The highest BCUT2D eigenvalue weighted by atomic mass is 14.4. The first kappa shape index (κ1) is 18.8. The normalized spacial score (nSPS) is 41.2. The summed E-state index contributed by atoms with van der Waals surface area (Å²) in [7, 11) is 0. The van der Waals surface area contributed by atoms with Gasteiger partial charge in [-0.05, 0) is 80.5 Å². The smallest absolute Gasteiger partial charge is 0.0383 e. The van der Waals surface area contributed by atoms with Gasteiger partial charge in [-0.1, -0.05) is 71.6 Å². The largest absolute Gasteiger partial charge is 0.0654 e. The van der Waals surface area contributed by atoms with Crippen LogP contribution in [0, 0.1) is 35.5 Å². The molecule has 3 aliphatic rings. The van der Waals surface area contributed by atoms with E-state index < -0.39 is 0 Å². The van der Waals surface area contributed by atoms with Crippen LogP contribution in [0.5, 0.6) is 0 Å². The fourth-order valence-corrected chi connectivity index (χ4v) is 6.67. The van der Waals surface area contributed by atoms with Crippen LogP contribution in [0.2, 0.25) is 0 Å². The van der Waals surface area contributed by atoms with Gasteiger partial charge in [0.25, 0.3) is 0 Å². The van der Waals surface area contributed by atoms with Crippen molar-refractivity contribution in [3.05, 3.63) is 0 Å². The summed E-state index contributed by atoms with van der Waals surface area (Å²) in [6, 6.07) is 0. The predicted molar refractivity (Wildman–Crippen MR) is 106 cm³/mol. The van der Waals surface area contributed by atoms with E-state index in [1.54, 1.807) is 77.0 Å². The van der Waals surface area contributed by atoms with Gasteiger partial charge in [-0.3, -0.25) is 0 Å². The molecule has 0 aliphatic heterocycles. The summed E-state index contributed by atoms with van der Waals surface area (Å²) in [5, 5.41) is 0. The first-order valence-corrected chi connectivity index (χ1v) is 11.8. The van der Waals surface area contributed by atoms with Gasteiger partial charge in [0.05, 0.1) is 0 Å². The molecule has 0 saturated heterocycles. The van der Waals surface area contributed by atoms with E-state index >= 15 is 0 Å². The fourth-order valence-electron chi connectivity index (χ4n) is 6.67. The predicted octanol–water partition coefficient (Wildman–Crippen LogP) is 8.01. The number of hydrogen-bond acceptors (Lipinski definition) is 0. The third kappa shape index (κ3) is 5.01. The molecule has 0 nitrogen and oxygen atoms in total. The van der Waals surface area contributed by atoms with Crippen LogP contribution in [-0.4, -0.2) is 0 Å². The SMILES string of the molecule is CCCC[C@H]1CCC[C@@H](C2CCC(C3CCC(CC)CC3)CC2)C1. The molecule has 0 heterocycles. The van der Waals surface area contributed by atoms with Gasteiger partial charge in [0.15, 0.2) is 0 Å². The number of hydrogen-bond donors (Lipinski definition) is 0. The molecule has 0 heteroatoms. The maximum atomic E-state index is 2.40. The van der Waals surface area contributed by atoms with E-state index in [0.717, 1.165) is 35.5 Å². The molecule has 0 aromatic rings. The Labute approximate surface area is 152 Å². The maximum absolute atomic E-state index is 2.40. The van der Waals surface area contributed by atoms with Gasteiger partial charge < -0.3 is 0 Å². The molecule has 0 spiro atoms. The quantitative estimate of drug-likeness (QED) is 0.462. The van der Waals surface area contributed by atoms with Gasteiger partial charge in [0, 0.05) is 0 Å². The van der Waals surface area contributed by atoms with Crippen LogP contribution in [0.1, 0.15) is 117 Å². The molecule has 0 unspecified atom stereocenters. The lowest BCUT2D eigenvalue weighted by molar-refractivity contribution is 0.0989. The minimum absolute atomic E-state index is 1.07. The third-order valence-electron chi connectivity index (χ3n) is 8.41. The molecule has 0 aromatic heterocycles. The molecule has 3 aliphatic carbocycles. The summed E-state index contributed by atoms with van der Waals surface area (Å²) in [5.41, 5.74) is 0. The zero-order valence-electron chi connectivity index (χ0n) is 16.8. The van der Waals surface area contributed by atoms with Gasteiger partial charge in [-0.25, -0.2) is 0 Å². The van der Waals surface area contributed by atoms with Crippen molar-refractivity contribution in [1.29, 1.82) is 0 Å². The molecule has 2 atom stereocenters. The second-order valence-corrected chi connectivity index (χ2v) is 9.80. The van der Waals surface area contributed by atoms with Crippen molar-refractivity contribution in [3.63, 3.8) is 0 Å². The molecule has 24 heavy (non-hydrogen) atoms. The van der Waals surface area contributed by atoms with Crippen LogP contribution in [0.4, 0.5) is 0 Å². The van der Waals surface area contributed by atoms with Crippen molar-refractivity contribution in [2.45, 2.75) is 117 Å². The van der Waals surface area contributed by atoms with Crippen LogP contribution in [-0.2, 0) is 0 Å². The lowest BCUT2D eigenvalue weighted by Crippen LogP contribution is -2.30. The zero-order valence-corrected chi connectivity index (χ0v) is 16.8. The van der Waals surface area contributed by atoms with E-state index in [-0.39, 0.29) is 0 Å². The molecule has 3 rings (SSSR count). The summed E-state index contributed by atoms with van der Waals surface area (Å²) in [5.74, 6) is 6.59. The van der Waals surface area contributed by atoms with E-state index in [2.05, 4.69) is 13.8 Å². The second-order valence-electron chi connectivity index (χ2n) is 9.80. The van der Waals surface area contributed by atoms with E-state index in [1.165, 1.54) is 25.7 Å². The highest BCUT2D eigenvalue weighted by molar-refractivity contribution is 4.86. The summed E-state index contributed by atoms with van der Waals surface area (Å²) in [6.07, 6.45) is 24.7. The first-order chi connectivity index (χ1) is 11.8. The first-order valence-electron chi connectivity index (χ1n) is 11.8. The Bertz CT molecular complexity index is 330. The Kier molecular flexibility index (Phi) is 7.54. The van der Waals surface area contributed by atoms with Crippen molar-refractivity contribution in [2.24, 2.45) is 35.5 Å². The summed E-state index contributed by atoms with van der Waals surface area (Å²) in [6.45, 7) is 4.75. The van der Waals surface area contributed by atoms with Crippen molar-refractivity contribution >= 4 is 0 Å². The third-order valence-corrected chi connectivity index (χ3v) is 8.41. The van der Waals surface area contributed by atoms with Crippen LogP contribution in [0.15, 0.2) is 0 Å². The van der Waals surface area contributed by atoms with Crippen LogP contribution >= 0.6 is 0 Å². The average Bonchev–Trinajstić information content (AvgIpc) is 2.67. The van der Waals surface area contributed by atoms with Crippen LogP contribution in [0.3, 0.4) is 0 Å². The van der Waals surface area contributed by atoms with Crippen LogP contribution in [0.25, 0.3) is 0 Å². The Hall–Kier alpha value is 0. The van der Waals surface area contributed by atoms with Crippen molar-refractivity contribution in [3.8, 4) is 0 Å². The van der Waals surface area contributed by atoms with Crippen molar-refractivity contribution in [2.75, 3.05) is 0 Å². The van der Waals surface area contributed by atoms with E-state index in [4.69, 9.17) is 0 Å². The van der Waals surface area contributed by atoms with E-state index in [0.29, 0.717) is 0 Å². The molecule has 140 valence electrons. The molecule has 0 aromatic carbocycles. The van der Waals surface area contributed by atoms with Crippen molar-refractivity contribution < 1.29 is 0 Å². The number of rotatable bonds is 6.